The van der Waals surface area contributed by atoms with Crippen LogP contribution in [0.25, 0.3) is 6.08 Å². The van der Waals surface area contributed by atoms with Crippen LogP contribution in [0.2, 0.25) is 0 Å². The smallest absolute Gasteiger partial charge is 0.261 e. The lowest BCUT2D eigenvalue weighted by atomic mass is 10.1. The summed E-state index contributed by atoms with van der Waals surface area (Å²) in [7, 11) is -2.14. The van der Waals surface area contributed by atoms with Crippen molar-refractivity contribution in [2.75, 3.05) is 17.1 Å². The topological polar surface area (TPSA) is 84.5 Å². The second-order valence-corrected chi connectivity index (χ2v) is 8.78. The van der Waals surface area contributed by atoms with E-state index in [0.717, 1.165) is 22.4 Å². The van der Waals surface area contributed by atoms with Crippen molar-refractivity contribution in [3.05, 3.63) is 89.5 Å². The van der Waals surface area contributed by atoms with E-state index < -0.39 is 10.0 Å². The summed E-state index contributed by atoms with van der Waals surface area (Å²) in [5, 5.41) is 2.71. The number of methoxy groups -OCH3 is 1. The normalized spacial score (nSPS) is 11.3. The predicted molar refractivity (Wildman–Crippen MR) is 124 cm³/mol. The molecule has 0 spiro atoms. The zero-order valence-electron chi connectivity index (χ0n) is 17.5. The van der Waals surface area contributed by atoms with Crippen molar-refractivity contribution in [2.24, 2.45) is 0 Å². The van der Waals surface area contributed by atoms with Crippen molar-refractivity contribution in [3.63, 3.8) is 0 Å². The lowest BCUT2D eigenvalue weighted by Gasteiger charge is -2.10. The van der Waals surface area contributed by atoms with Crippen molar-refractivity contribution in [3.8, 4) is 5.75 Å². The fraction of sp³-hybridized carbons (Fsp3) is 0.125. The number of sulfonamides is 1. The molecule has 160 valence electrons. The summed E-state index contributed by atoms with van der Waals surface area (Å²) in [6, 6.07) is 18.8. The lowest BCUT2D eigenvalue weighted by Crippen LogP contribution is -2.13. The number of carbonyl (C=O) groups is 1. The van der Waals surface area contributed by atoms with Gasteiger partial charge in [0, 0.05) is 17.5 Å². The van der Waals surface area contributed by atoms with Gasteiger partial charge >= 0.3 is 0 Å². The SMILES string of the molecule is COc1ccc(C=CC(=O)Nc2ccc(S(=O)(=O)Nc3cc(C)cc(C)c3)cc2)cc1. The average molecular weight is 437 g/mol. The molecule has 31 heavy (non-hydrogen) atoms. The van der Waals surface area contributed by atoms with Gasteiger partial charge < -0.3 is 10.1 Å². The van der Waals surface area contributed by atoms with Crippen LogP contribution in [-0.4, -0.2) is 21.4 Å². The zero-order valence-corrected chi connectivity index (χ0v) is 18.4. The molecule has 0 bridgehead atoms. The summed E-state index contributed by atoms with van der Waals surface area (Å²) in [6.45, 7) is 3.82. The summed E-state index contributed by atoms with van der Waals surface area (Å²) in [5.41, 5.74) is 3.81. The van der Waals surface area contributed by atoms with Crippen molar-refractivity contribution >= 4 is 33.4 Å². The van der Waals surface area contributed by atoms with E-state index in [-0.39, 0.29) is 10.8 Å². The maximum Gasteiger partial charge on any atom is 0.261 e. The Morgan fingerprint density at radius 1 is 0.871 bits per heavy atom. The van der Waals surface area contributed by atoms with Gasteiger partial charge in [-0.05, 0) is 85.1 Å². The van der Waals surface area contributed by atoms with Crippen LogP contribution in [0, 0.1) is 13.8 Å². The lowest BCUT2D eigenvalue weighted by molar-refractivity contribution is -0.111. The number of nitrogens with one attached hydrogen (secondary N) is 2. The molecule has 0 unspecified atom stereocenters. The largest absolute Gasteiger partial charge is 0.497 e. The molecule has 0 atom stereocenters. The van der Waals surface area contributed by atoms with Gasteiger partial charge in [0.25, 0.3) is 10.0 Å². The molecule has 0 aliphatic heterocycles. The Labute approximate surface area is 182 Å². The summed E-state index contributed by atoms with van der Waals surface area (Å²) in [6.07, 6.45) is 3.09. The molecule has 0 saturated carbocycles. The molecule has 3 aromatic carbocycles. The second kappa shape index (κ2) is 9.49. The summed E-state index contributed by atoms with van der Waals surface area (Å²) < 4.78 is 33.0. The molecule has 0 heterocycles. The maximum atomic E-state index is 12.6. The van der Waals surface area contributed by atoms with Crippen molar-refractivity contribution in [2.45, 2.75) is 18.7 Å². The first-order chi connectivity index (χ1) is 14.7. The van der Waals surface area contributed by atoms with E-state index in [1.165, 1.54) is 18.2 Å². The van der Waals surface area contributed by atoms with E-state index >= 15 is 0 Å². The van der Waals surface area contributed by atoms with E-state index in [4.69, 9.17) is 4.74 Å². The Morgan fingerprint density at radius 2 is 1.48 bits per heavy atom. The van der Waals surface area contributed by atoms with Gasteiger partial charge in [-0.2, -0.15) is 0 Å². The minimum atomic E-state index is -3.73. The number of anilines is 2. The van der Waals surface area contributed by atoms with Gasteiger partial charge in [-0.15, -0.1) is 0 Å². The first kappa shape index (κ1) is 22.1. The standard InChI is InChI=1S/C24H24N2O4S/c1-17-14-18(2)16-21(15-17)26-31(28,29)23-11-7-20(8-12-23)25-24(27)13-6-19-4-9-22(30-3)10-5-19/h4-16,26H,1-3H3,(H,25,27). The highest BCUT2D eigenvalue weighted by Gasteiger charge is 2.14. The van der Waals surface area contributed by atoms with Crippen LogP contribution in [0.4, 0.5) is 11.4 Å². The Hall–Kier alpha value is -3.58. The molecule has 0 aliphatic rings. The molecule has 3 rings (SSSR count). The van der Waals surface area contributed by atoms with Gasteiger partial charge in [0.1, 0.15) is 5.75 Å². The summed E-state index contributed by atoms with van der Waals surface area (Å²) >= 11 is 0. The van der Waals surface area contributed by atoms with Gasteiger partial charge in [-0.25, -0.2) is 8.42 Å². The van der Waals surface area contributed by atoms with Gasteiger partial charge in [-0.1, -0.05) is 18.2 Å². The quantitative estimate of drug-likeness (QED) is 0.523. The monoisotopic (exact) mass is 436 g/mol. The Balaban J connectivity index is 1.64. The Morgan fingerprint density at radius 3 is 2.06 bits per heavy atom. The Kier molecular flexibility index (Phi) is 6.77. The number of hydrogen-bond donors (Lipinski definition) is 2. The van der Waals surface area contributed by atoms with Crippen LogP contribution in [0.1, 0.15) is 16.7 Å². The molecular formula is C24H24N2O4S. The van der Waals surface area contributed by atoms with Crippen molar-refractivity contribution in [1.82, 2.24) is 0 Å². The molecule has 0 fully saturated rings. The fourth-order valence-electron chi connectivity index (χ4n) is 3.04. The molecule has 0 aromatic heterocycles. The number of amides is 1. The Bertz CT molecular complexity index is 1180. The highest BCUT2D eigenvalue weighted by molar-refractivity contribution is 7.92. The molecule has 0 saturated heterocycles. The molecule has 3 aromatic rings. The van der Waals surface area contributed by atoms with Crippen LogP contribution < -0.4 is 14.8 Å². The highest BCUT2D eigenvalue weighted by Crippen LogP contribution is 2.20. The summed E-state index contributed by atoms with van der Waals surface area (Å²) in [4.78, 5) is 12.3. The molecule has 2 N–H and O–H groups in total. The van der Waals surface area contributed by atoms with Gasteiger partial charge in [0.05, 0.1) is 12.0 Å². The van der Waals surface area contributed by atoms with E-state index in [9.17, 15) is 13.2 Å². The molecule has 0 aliphatic carbocycles. The van der Waals surface area contributed by atoms with Gasteiger partial charge in [0.15, 0.2) is 0 Å². The number of benzene rings is 3. The molecule has 1 amide bonds. The zero-order chi connectivity index (χ0) is 22.4. The van der Waals surface area contributed by atoms with E-state index in [2.05, 4.69) is 10.0 Å². The van der Waals surface area contributed by atoms with Gasteiger partial charge in [0.2, 0.25) is 5.91 Å². The minimum absolute atomic E-state index is 0.110. The van der Waals surface area contributed by atoms with E-state index in [1.54, 1.807) is 37.5 Å². The first-order valence-electron chi connectivity index (χ1n) is 9.59. The maximum absolute atomic E-state index is 12.6. The highest BCUT2D eigenvalue weighted by atomic mass is 32.2. The third-order valence-electron chi connectivity index (χ3n) is 4.45. The molecule has 0 radical (unpaired) electrons. The molecule has 7 heteroatoms. The molecular weight excluding hydrogens is 412 g/mol. The second-order valence-electron chi connectivity index (χ2n) is 7.10. The van der Waals surface area contributed by atoms with Crippen LogP contribution in [0.5, 0.6) is 5.75 Å². The van der Waals surface area contributed by atoms with E-state index in [1.807, 2.05) is 44.2 Å². The minimum Gasteiger partial charge on any atom is -0.497 e. The van der Waals surface area contributed by atoms with Crippen LogP contribution >= 0.6 is 0 Å². The van der Waals surface area contributed by atoms with E-state index in [0.29, 0.717) is 11.4 Å². The third kappa shape index (κ3) is 6.20. The van der Waals surface area contributed by atoms with Crippen molar-refractivity contribution < 1.29 is 17.9 Å². The van der Waals surface area contributed by atoms with Crippen LogP contribution in [0.3, 0.4) is 0 Å². The fourth-order valence-corrected chi connectivity index (χ4v) is 4.08. The predicted octanol–water partition coefficient (Wildman–Crippen LogP) is 4.76. The number of aryl methyl sites for hydroxylation is 2. The summed E-state index contributed by atoms with van der Waals surface area (Å²) in [5.74, 6) is 0.420. The number of hydrogen-bond acceptors (Lipinski definition) is 4. The number of rotatable bonds is 7. The molecule has 6 nitrogen and oxygen atoms in total. The third-order valence-corrected chi connectivity index (χ3v) is 5.85. The van der Waals surface area contributed by atoms with Crippen LogP contribution in [0.15, 0.2) is 77.7 Å². The van der Waals surface area contributed by atoms with Crippen LogP contribution in [-0.2, 0) is 14.8 Å². The van der Waals surface area contributed by atoms with Crippen molar-refractivity contribution in [1.29, 1.82) is 0 Å². The van der Waals surface area contributed by atoms with Gasteiger partial charge in [-0.3, -0.25) is 9.52 Å². The average Bonchev–Trinajstić information content (AvgIpc) is 2.72. The first-order valence-corrected chi connectivity index (χ1v) is 11.1. The number of carbonyl (C=O) groups excluding carboxylic acids is 1. The number of ether oxygens (including phenoxy) is 1.